The lowest BCUT2D eigenvalue weighted by Gasteiger charge is -2.28. The van der Waals surface area contributed by atoms with Gasteiger partial charge in [-0.05, 0) is 43.0 Å². The lowest BCUT2D eigenvalue weighted by atomic mass is 9.92. The minimum Gasteiger partial charge on any atom is -0.490 e. The third-order valence-electron chi connectivity index (χ3n) is 4.80. The number of nitrogens with zero attached hydrogens (tertiary/aromatic N) is 3. The van der Waals surface area contributed by atoms with Gasteiger partial charge in [0.05, 0.1) is 1.37 Å². The van der Waals surface area contributed by atoms with Crippen LogP contribution in [0.1, 0.15) is 39.7 Å². The highest BCUT2D eigenvalue weighted by Gasteiger charge is 2.27. The first-order chi connectivity index (χ1) is 14.5. The average Bonchev–Trinajstić information content (AvgIpc) is 2.71. The number of carbonyl (C=O) groups is 1. The first-order valence-electron chi connectivity index (χ1n) is 10.2. The summed E-state index contributed by atoms with van der Waals surface area (Å²) in [6, 6.07) is 7.11. The quantitative estimate of drug-likeness (QED) is 0.742. The van der Waals surface area contributed by atoms with Crippen molar-refractivity contribution in [1.82, 2.24) is 4.98 Å². The maximum atomic E-state index is 11.3. The van der Waals surface area contributed by atoms with Crippen molar-refractivity contribution < 1.29 is 20.7 Å². The van der Waals surface area contributed by atoms with Crippen LogP contribution < -0.4 is 20.1 Å². The van der Waals surface area contributed by atoms with Crippen LogP contribution in [0.5, 0.6) is 11.5 Å². The van der Waals surface area contributed by atoms with Crippen molar-refractivity contribution in [3.63, 3.8) is 0 Å². The van der Waals surface area contributed by atoms with Crippen molar-refractivity contribution in [2.24, 2.45) is 11.7 Å². The van der Waals surface area contributed by atoms with E-state index in [1.54, 1.807) is 31.3 Å². The Labute approximate surface area is 177 Å². The molecule has 158 valence electrons. The molecular weight excluding hydrogens is 384 g/mol. The number of carboxylic acid groups (broad SMARTS) is 1. The monoisotopic (exact) mass is 411 g/mol. The zero-order valence-electron chi connectivity index (χ0n) is 18.5. The van der Waals surface area contributed by atoms with Gasteiger partial charge in [-0.15, -0.1) is 0 Å². The number of ether oxygens (including phenoxy) is 2. The molecule has 8 nitrogen and oxygen atoms in total. The summed E-state index contributed by atoms with van der Waals surface area (Å²) in [5.41, 5.74) is 7.70. The molecule has 0 bridgehead atoms. The second-order valence-electron chi connectivity index (χ2n) is 8.10. The molecule has 2 aromatic rings. The van der Waals surface area contributed by atoms with Crippen molar-refractivity contribution in [1.29, 1.82) is 5.26 Å². The van der Waals surface area contributed by atoms with E-state index in [2.05, 4.69) is 11.1 Å². The normalized spacial score (nSPS) is 15.6. The van der Waals surface area contributed by atoms with E-state index in [0.29, 0.717) is 17.7 Å². The molecule has 2 unspecified atom stereocenters. The Morgan fingerprint density at radius 1 is 1.53 bits per heavy atom. The fourth-order valence-electron chi connectivity index (χ4n) is 3.53. The van der Waals surface area contributed by atoms with E-state index in [1.807, 2.05) is 13.8 Å². The fraction of sp³-hybridized carbons (Fsp3) is 0.409. The Hall–Kier alpha value is -3.31. The number of benzene rings is 1. The van der Waals surface area contributed by atoms with Crippen molar-refractivity contribution >= 4 is 11.9 Å². The minimum absolute atomic E-state index is 0.172. The Morgan fingerprint density at radius 3 is 2.90 bits per heavy atom. The molecular formula is C22H26N4O4. The SMILES string of the molecule is [2H]C(Oc1ccc2c(c1C#N)OCc1cnc(N(C)C(=O)O)cc1-2)C(C)(N)CC(C)C. The van der Waals surface area contributed by atoms with Crippen molar-refractivity contribution in [3.8, 4) is 28.7 Å². The van der Waals surface area contributed by atoms with Gasteiger partial charge in [-0.2, -0.15) is 5.26 Å². The maximum absolute atomic E-state index is 11.3. The molecule has 0 saturated heterocycles. The van der Waals surface area contributed by atoms with E-state index >= 15 is 0 Å². The number of hydrogen-bond donors (Lipinski definition) is 2. The average molecular weight is 411 g/mol. The summed E-state index contributed by atoms with van der Waals surface area (Å²) in [7, 11) is 1.41. The smallest absolute Gasteiger partial charge is 0.412 e. The van der Waals surface area contributed by atoms with Gasteiger partial charge in [0.2, 0.25) is 0 Å². The molecule has 3 rings (SSSR count). The highest BCUT2D eigenvalue weighted by Crippen LogP contribution is 2.43. The van der Waals surface area contributed by atoms with Gasteiger partial charge in [-0.3, -0.25) is 4.90 Å². The van der Waals surface area contributed by atoms with Gasteiger partial charge < -0.3 is 20.3 Å². The van der Waals surface area contributed by atoms with E-state index in [9.17, 15) is 15.2 Å². The molecule has 0 spiro atoms. The minimum atomic E-state index is -1.13. The maximum Gasteiger partial charge on any atom is 0.412 e. The molecule has 0 fully saturated rings. The van der Waals surface area contributed by atoms with Gasteiger partial charge in [0, 0.05) is 29.9 Å². The Bertz CT molecular complexity index is 1050. The summed E-state index contributed by atoms with van der Waals surface area (Å²) in [5, 5.41) is 19.0. The number of amides is 1. The van der Waals surface area contributed by atoms with Gasteiger partial charge in [0.1, 0.15) is 42.1 Å². The van der Waals surface area contributed by atoms with Crippen LogP contribution in [0.25, 0.3) is 11.1 Å². The van der Waals surface area contributed by atoms with Crippen LogP contribution in [-0.4, -0.2) is 35.4 Å². The number of nitriles is 1. The van der Waals surface area contributed by atoms with Crippen molar-refractivity contribution in [2.75, 3.05) is 18.5 Å². The van der Waals surface area contributed by atoms with Crippen LogP contribution in [0.3, 0.4) is 0 Å². The van der Waals surface area contributed by atoms with Gasteiger partial charge >= 0.3 is 6.09 Å². The number of rotatable bonds is 6. The number of aromatic nitrogens is 1. The molecule has 2 heterocycles. The zero-order valence-corrected chi connectivity index (χ0v) is 17.5. The molecule has 0 aliphatic carbocycles. The first-order valence-corrected chi connectivity index (χ1v) is 9.58. The van der Waals surface area contributed by atoms with Gasteiger partial charge in [-0.25, -0.2) is 9.78 Å². The van der Waals surface area contributed by atoms with Gasteiger partial charge in [-0.1, -0.05) is 13.8 Å². The van der Waals surface area contributed by atoms with Gasteiger partial charge in [0.15, 0.2) is 0 Å². The van der Waals surface area contributed by atoms with E-state index in [-0.39, 0.29) is 29.7 Å². The van der Waals surface area contributed by atoms with Crippen LogP contribution in [0.2, 0.25) is 0 Å². The van der Waals surface area contributed by atoms with Crippen LogP contribution in [0.4, 0.5) is 10.6 Å². The molecule has 1 aromatic carbocycles. The summed E-state index contributed by atoms with van der Waals surface area (Å²) in [6.45, 7) is 4.91. The standard InChI is InChI=1S/C22H26N4O4/c1-13(2)8-22(3,24)12-30-18-6-5-15-16-7-19(26(4)21(27)28)25-10-14(16)11-29-20(15)17(18)9-23/h5-7,10,13H,8,11-12,24H2,1-4H3,(H,27,28)/i12D. The lowest BCUT2D eigenvalue weighted by molar-refractivity contribution is 0.203. The zero-order chi connectivity index (χ0) is 22.9. The predicted octanol–water partition coefficient (Wildman–Crippen LogP) is 3.77. The summed E-state index contributed by atoms with van der Waals surface area (Å²) in [4.78, 5) is 16.5. The molecule has 0 radical (unpaired) electrons. The third-order valence-corrected chi connectivity index (χ3v) is 4.80. The van der Waals surface area contributed by atoms with E-state index in [0.717, 1.165) is 16.0 Å². The van der Waals surface area contributed by atoms with Crippen LogP contribution in [-0.2, 0) is 6.61 Å². The first kappa shape index (κ1) is 20.0. The molecule has 2 atom stereocenters. The molecule has 0 saturated carbocycles. The number of nitrogens with two attached hydrogens (primary N) is 1. The molecule has 30 heavy (non-hydrogen) atoms. The van der Waals surface area contributed by atoms with E-state index in [4.69, 9.17) is 16.6 Å². The highest BCUT2D eigenvalue weighted by atomic mass is 16.5. The molecule has 8 heteroatoms. The molecule has 1 amide bonds. The van der Waals surface area contributed by atoms with Crippen LogP contribution in [0.15, 0.2) is 24.4 Å². The number of hydrogen-bond acceptors (Lipinski definition) is 6. The molecule has 3 N–H and O–H groups in total. The summed E-state index contributed by atoms with van der Waals surface area (Å²) in [5.74, 6) is 1.10. The number of anilines is 1. The second-order valence-corrected chi connectivity index (χ2v) is 8.10. The third kappa shape index (κ3) is 4.31. The van der Waals surface area contributed by atoms with Gasteiger partial charge in [0.25, 0.3) is 0 Å². The predicted molar refractivity (Wildman–Crippen MR) is 113 cm³/mol. The summed E-state index contributed by atoms with van der Waals surface area (Å²) < 4.78 is 20.0. The van der Waals surface area contributed by atoms with Crippen molar-refractivity contribution in [2.45, 2.75) is 39.3 Å². The van der Waals surface area contributed by atoms with E-state index in [1.165, 1.54) is 7.05 Å². The Balaban J connectivity index is 2.00. The second kappa shape index (κ2) is 8.20. The largest absolute Gasteiger partial charge is 0.490 e. The molecule has 1 aromatic heterocycles. The number of pyridine rings is 1. The van der Waals surface area contributed by atoms with E-state index < -0.39 is 18.2 Å². The fourth-order valence-corrected chi connectivity index (χ4v) is 3.53. The molecule has 1 aliphatic rings. The lowest BCUT2D eigenvalue weighted by Crippen LogP contribution is -2.43. The number of fused-ring (bicyclic) bond motifs is 3. The molecule has 1 aliphatic heterocycles. The summed E-state index contributed by atoms with van der Waals surface area (Å²) in [6.07, 6.45) is 1.02. The highest BCUT2D eigenvalue weighted by molar-refractivity contribution is 5.87. The summed E-state index contributed by atoms with van der Waals surface area (Å²) >= 11 is 0. The van der Waals surface area contributed by atoms with Crippen LogP contribution in [0, 0.1) is 17.2 Å². The van der Waals surface area contributed by atoms with Crippen molar-refractivity contribution in [3.05, 3.63) is 35.5 Å². The Morgan fingerprint density at radius 2 is 2.27 bits per heavy atom. The topological polar surface area (TPSA) is 122 Å². The van der Waals surface area contributed by atoms with Crippen LogP contribution >= 0.6 is 0 Å². The Kier molecular flexibility index (Phi) is 5.46.